The maximum atomic E-state index is 12.7. The molecule has 0 atom stereocenters. The van der Waals surface area contributed by atoms with Crippen LogP contribution >= 0.6 is 11.6 Å². The zero-order chi connectivity index (χ0) is 24.5. The van der Waals surface area contributed by atoms with E-state index in [0.717, 1.165) is 0 Å². The number of amides is 3. The van der Waals surface area contributed by atoms with E-state index in [2.05, 4.69) is 27.7 Å². The van der Waals surface area contributed by atoms with Crippen LogP contribution in [-0.4, -0.2) is 29.0 Å². The lowest BCUT2D eigenvalue weighted by Gasteiger charge is -2.11. The van der Waals surface area contributed by atoms with Crippen LogP contribution < -0.4 is 16.1 Å². The van der Waals surface area contributed by atoms with Crippen molar-refractivity contribution in [1.82, 2.24) is 5.43 Å². The minimum absolute atomic E-state index is 0.00507. The normalized spacial score (nSPS) is 10.5. The number of carbonyl (C=O) groups excluding carboxylic acids is 3. The number of benzene rings is 3. The maximum Gasteiger partial charge on any atom is 0.329 e. The van der Waals surface area contributed by atoms with Gasteiger partial charge in [-0.25, -0.2) is 5.43 Å². The van der Waals surface area contributed by atoms with Gasteiger partial charge in [-0.15, -0.1) is 6.58 Å². The Morgan fingerprint density at radius 2 is 1.68 bits per heavy atom. The summed E-state index contributed by atoms with van der Waals surface area (Å²) in [7, 11) is 0. The van der Waals surface area contributed by atoms with E-state index in [1.54, 1.807) is 60.7 Å². The summed E-state index contributed by atoms with van der Waals surface area (Å²) in [5, 5.41) is 19.6. The number of hydrogen-bond donors (Lipinski definition) is 4. The fourth-order valence-corrected chi connectivity index (χ4v) is 3.07. The van der Waals surface area contributed by atoms with Gasteiger partial charge in [-0.05, 0) is 54.4 Å². The lowest BCUT2D eigenvalue weighted by molar-refractivity contribution is -0.136. The van der Waals surface area contributed by atoms with E-state index in [-0.39, 0.29) is 17.0 Å². The lowest BCUT2D eigenvalue weighted by atomic mass is 10.1. The van der Waals surface area contributed by atoms with Crippen LogP contribution in [0.1, 0.15) is 21.5 Å². The second-order valence-electron chi connectivity index (χ2n) is 7.01. The highest BCUT2D eigenvalue weighted by Gasteiger charge is 2.18. The molecule has 0 bridgehead atoms. The molecule has 34 heavy (non-hydrogen) atoms. The predicted octanol–water partition coefficient (Wildman–Crippen LogP) is 4.12. The Labute approximate surface area is 201 Å². The molecule has 0 radical (unpaired) electrons. The van der Waals surface area contributed by atoms with E-state index >= 15 is 0 Å². The Morgan fingerprint density at radius 3 is 2.41 bits per heavy atom. The minimum Gasteiger partial charge on any atom is -0.507 e. The van der Waals surface area contributed by atoms with Crippen molar-refractivity contribution in [2.24, 2.45) is 5.10 Å². The highest BCUT2D eigenvalue weighted by Crippen LogP contribution is 2.22. The third-order valence-electron chi connectivity index (χ3n) is 4.61. The largest absolute Gasteiger partial charge is 0.507 e. The van der Waals surface area contributed by atoms with Crippen molar-refractivity contribution in [2.45, 2.75) is 6.42 Å². The summed E-state index contributed by atoms with van der Waals surface area (Å²) in [5.41, 5.74) is 3.93. The first-order chi connectivity index (χ1) is 16.4. The molecule has 9 heteroatoms. The summed E-state index contributed by atoms with van der Waals surface area (Å²) in [4.78, 5) is 37.2. The number of aromatic hydroxyl groups is 1. The molecule has 0 heterocycles. The van der Waals surface area contributed by atoms with E-state index in [4.69, 9.17) is 11.6 Å². The van der Waals surface area contributed by atoms with Crippen LogP contribution in [0.5, 0.6) is 5.75 Å². The highest BCUT2D eigenvalue weighted by molar-refractivity contribution is 6.40. The molecule has 0 fully saturated rings. The van der Waals surface area contributed by atoms with Gasteiger partial charge in [-0.1, -0.05) is 41.9 Å². The Morgan fingerprint density at radius 1 is 0.941 bits per heavy atom. The second-order valence-corrected chi connectivity index (χ2v) is 7.44. The molecule has 0 aliphatic rings. The van der Waals surface area contributed by atoms with Crippen LogP contribution in [0.25, 0.3) is 0 Å². The highest BCUT2D eigenvalue weighted by atomic mass is 35.5. The Bertz CT molecular complexity index is 1260. The van der Waals surface area contributed by atoms with Gasteiger partial charge in [-0.2, -0.15) is 5.10 Å². The van der Waals surface area contributed by atoms with Gasteiger partial charge >= 0.3 is 11.8 Å². The van der Waals surface area contributed by atoms with Crippen LogP contribution in [0.3, 0.4) is 0 Å². The number of hydrazone groups is 1. The standard InChI is InChI=1S/C25H21ClN4O4/c1-2-6-16-7-5-8-17(22(16)31)15-27-30-25(34)24(33)29-21-10-4-3-9-20(21)23(32)28-19-13-11-18(26)12-14-19/h2-5,7-15,31H,1,6H2,(H,28,32)(H,29,33)(H,30,34)/b27-15-. The number of rotatable bonds is 7. The fourth-order valence-electron chi connectivity index (χ4n) is 2.95. The topological polar surface area (TPSA) is 120 Å². The molecule has 0 aromatic heterocycles. The predicted molar refractivity (Wildman–Crippen MR) is 132 cm³/mol. The zero-order valence-corrected chi connectivity index (χ0v) is 18.7. The SMILES string of the molecule is C=CCc1cccc(/C=N\NC(=O)C(=O)Nc2ccccc2C(=O)Nc2ccc(Cl)cc2)c1O. The number of hydrogen-bond acceptors (Lipinski definition) is 5. The zero-order valence-electron chi connectivity index (χ0n) is 17.9. The van der Waals surface area contributed by atoms with Crippen molar-refractivity contribution in [3.63, 3.8) is 0 Å². The number of nitrogens with one attached hydrogen (secondary N) is 3. The van der Waals surface area contributed by atoms with Gasteiger partial charge in [0, 0.05) is 16.3 Å². The van der Waals surface area contributed by atoms with Crippen LogP contribution in [0.2, 0.25) is 5.02 Å². The quantitative estimate of drug-likeness (QED) is 0.177. The number of carbonyl (C=O) groups is 3. The van der Waals surface area contributed by atoms with E-state index in [9.17, 15) is 19.5 Å². The number of phenolic OH excluding ortho intramolecular Hbond substituents is 1. The van der Waals surface area contributed by atoms with Gasteiger partial charge in [0.1, 0.15) is 5.75 Å². The molecule has 0 aliphatic heterocycles. The van der Waals surface area contributed by atoms with Crippen molar-refractivity contribution >= 4 is 46.9 Å². The third kappa shape index (κ3) is 6.30. The molecular formula is C25H21ClN4O4. The molecule has 0 saturated heterocycles. The first-order valence-electron chi connectivity index (χ1n) is 10.1. The fraction of sp³-hybridized carbons (Fsp3) is 0.0400. The number of halogens is 1. The second kappa shape index (κ2) is 11.4. The van der Waals surface area contributed by atoms with E-state index in [1.807, 2.05) is 0 Å². The van der Waals surface area contributed by atoms with Gasteiger partial charge in [0.2, 0.25) is 0 Å². The first kappa shape index (κ1) is 24.2. The number of nitrogens with zero attached hydrogens (tertiary/aromatic N) is 1. The van der Waals surface area contributed by atoms with Crippen LogP contribution in [0.15, 0.2) is 84.5 Å². The van der Waals surface area contributed by atoms with Crippen molar-refractivity contribution in [3.8, 4) is 5.75 Å². The van der Waals surface area contributed by atoms with Crippen LogP contribution in [0.4, 0.5) is 11.4 Å². The van der Waals surface area contributed by atoms with Gasteiger partial charge in [0.25, 0.3) is 5.91 Å². The molecule has 3 aromatic rings. The molecule has 3 rings (SSSR count). The van der Waals surface area contributed by atoms with Gasteiger partial charge < -0.3 is 15.7 Å². The molecule has 0 saturated carbocycles. The Balaban J connectivity index is 1.64. The van der Waals surface area contributed by atoms with Gasteiger partial charge in [-0.3, -0.25) is 14.4 Å². The Hall–Kier alpha value is -4.43. The number of para-hydroxylation sites is 2. The smallest absolute Gasteiger partial charge is 0.329 e. The van der Waals surface area contributed by atoms with Crippen LogP contribution in [-0.2, 0) is 16.0 Å². The molecule has 3 aromatic carbocycles. The molecule has 0 aliphatic carbocycles. The van der Waals surface area contributed by atoms with E-state index in [1.165, 1.54) is 18.3 Å². The summed E-state index contributed by atoms with van der Waals surface area (Å²) < 4.78 is 0. The molecule has 172 valence electrons. The van der Waals surface area contributed by atoms with Crippen molar-refractivity contribution in [3.05, 3.63) is 101 Å². The third-order valence-corrected chi connectivity index (χ3v) is 4.86. The van der Waals surface area contributed by atoms with Crippen molar-refractivity contribution < 1.29 is 19.5 Å². The first-order valence-corrected chi connectivity index (χ1v) is 10.5. The van der Waals surface area contributed by atoms with E-state index in [0.29, 0.717) is 28.3 Å². The molecule has 0 spiro atoms. The lowest BCUT2D eigenvalue weighted by Crippen LogP contribution is -2.33. The summed E-state index contributed by atoms with van der Waals surface area (Å²) >= 11 is 5.85. The number of phenols is 1. The maximum absolute atomic E-state index is 12.7. The van der Waals surface area contributed by atoms with Gasteiger partial charge in [0.15, 0.2) is 0 Å². The molecule has 0 unspecified atom stereocenters. The van der Waals surface area contributed by atoms with Crippen LogP contribution in [0, 0.1) is 0 Å². The molecule has 8 nitrogen and oxygen atoms in total. The molecule has 3 amide bonds. The number of allylic oxidation sites excluding steroid dienone is 1. The van der Waals surface area contributed by atoms with E-state index < -0.39 is 17.7 Å². The molecular weight excluding hydrogens is 456 g/mol. The van der Waals surface area contributed by atoms with Crippen molar-refractivity contribution in [1.29, 1.82) is 0 Å². The minimum atomic E-state index is -1.05. The monoisotopic (exact) mass is 476 g/mol. The summed E-state index contributed by atoms with van der Waals surface area (Å²) in [5.74, 6) is -2.54. The summed E-state index contributed by atoms with van der Waals surface area (Å²) in [6.07, 6.45) is 3.34. The average Bonchev–Trinajstić information content (AvgIpc) is 2.83. The average molecular weight is 477 g/mol. The number of anilines is 2. The molecule has 4 N–H and O–H groups in total. The summed E-state index contributed by atoms with van der Waals surface area (Å²) in [6, 6.07) is 17.8. The summed E-state index contributed by atoms with van der Waals surface area (Å²) in [6.45, 7) is 3.63. The van der Waals surface area contributed by atoms with Crippen molar-refractivity contribution in [2.75, 3.05) is 10.6 Å². The van der Waals surface area contributed by atoms with Gasteiger partial charge in [0.05, 0.1) is 17.5 Å². The Kier molecular flexibility index (Phi) is 8.15.